The largest absolute Gasteiger partial charge is 0.492 e. The average Bonchev–Trinajstić information content (AvgIpc) is 2.91. The first-order valence-corrected chi connectivity index (χ1v) is 7.65. The van der Waals surface area contributed by atoms with Crippen LogP contribution in [0, 0.1) is 0 Å². The van der Waals surface area contributed by atoms with Crippen molar-refractivity contribution in [3.05, 3.63) is 51.2 Å². The minimum atomic E-state index is 0.298. The zero-order valence-corrected chi connectivity index (χ0v) is 12.5. The molecule has 1 heterocycles. The summed E-state index contributed by atoms with van der Waals surface area (Å²) in [5.41, 5.74) is 7.07. The van der Waals surface area contributed by atoms with Crippen LogP contribution in [0.3, 0.4) is 0 Å². The van der Waals surface area contributed by atoms with Crippen molar-refractivity contribution in [2.45, 2.75) is 19.3 Å². The first-order valence-electron chi connectivity index (χ1n) is 6.39. The highest BCUT2D eigenvalue weighted by Crippen LogP contribution is 2.30. The topological polar surface area (TPSA) is 35.2 Å². The molecule has 2 N–H and O–H groups in total. The summed E-state index contributed by atoms with van der Waals surface area (Å²) in [5, 5.41) is 2.75. The third kappa shape index (κ3) is 3.72. The number of hydrogen-bond donors (Lipinski definition) is 1. The smallest absolute Gasteiger partial charge is 0.137 e. The van der Waals surface area contributed by atoms with Gasteiger partial charge in [-0.3, -0.25) is 0 Å². The molecule has 2 aromatic rings. The SMILES string of the molecule is CCOc1ccc(C(CN)Cc2cccs2)cc1Cl. The van der Waals surface area contributed by atoms with Crippen LogP contribution < -0.4 is 10.5 Å². The Balaban J connectivity index is 2.16. The van der Waals surface area contributed by atoms with E-state index in [0.717, 1.165) is 12.2 Å². The number of nitrogens with two attached hydrogens (primary N) is 1. The summed E-state index contributed by atoms with van der Waals surface area (Å²) in [5.74, 6) is 1.03. The fourth-order valence-electron chi connectivity index (χ4n) is 2.05. The van der Waals surface area contributed by atoms with E-state index in [4.69, 9.17) is 22.1 Å². The number of benzene rings is 1. The van der Waals surface area contributed by atoms with Crippen LogP contribution in [0.1, 0.15) is 23.3 Å². The van der Waals surface area contributed by atoms with Crippen molar-refractivity contribution in [3.63, 3.8) is 0 Å². The molecule has 1 atom stereocenters. The highest BCUT2D eigenvalue weighted by Gasteiger charge is 2.13. The van der Waals surface area contributed by atoms with Gasteiger partial charge in [-0.25, -0.2) is 0 Å². The van der Waals surface area contributed by atoms with E-state index in [-0.39, 0.29) is 0 Å². The van der Waals surface area contributed by atoms with Crippen molar-refractivity contribution in [1.29, 1.82) is 0 Å². The van der Waals surface area contributed by atoms with Crippen LogP contribution >= 0.6 is 22.9 Å². The van der Waals surface area contributed by atoms with Crippen molar-refractivity contribution < 1.29 is 4.74 Å². The Morgan fingerprint density at radius 2 is 2.21 bits per heavy atom. The minimum Gasteiger partial charge on any atom is -0.492 e. The van der Waals surface area contributed by atoms with Crippen LogP contribution in [-0.2, 0) is 6.42 Å². The van der Waals surface area contributed by atoms with Crippen LogP contribution in [0.5, 0.6) is 5.75 Å². The third-order valence-corrected chi connectivity index (χ3v) is 4.23. The molecule has 0 radical (unpaired) electrons. The lowest BCUT2D eigenvalue weighted by Crippen LogP contribution is -2.14. The van der Waals surface area contributed by atoms with Crippen molar-refractivity contribution in [3.8, 4) is 5.75 Å². The van der Waals surface area contributed by atoms with E-state index in [1.165, 1.54) is 10.4 Å². The van der Waals surface area contributed by atoms with Gasteiger partial charge in [-0.2, -0.15) is 0 Å². The van der Waals surface area contributed by atoms with E-state index in [0.29, 0.717) is 24.1 Å². The van der Waals surface area contributed by atoms with E-state index in [9.17, 15) is 0 Å². The molecule has 19 heavy (non-hydrogen) atoms. The Hall–Kier alpha value is -1.03. The normalized spacial score (nSPS) is 12.4. The lowest BCUT2D eigenvalue weighted by molar-refractivity contribution is 0.340. The maximum atomic E-state index is 6.23. The molecule has 0 fully saturated rings. The Kier molecular flexibility index (Phi) is 5.25. The van der Waals surface area contributed by atoms with Gasteiger partial charge in [-0.15, -0.1) is 11.3 Å². The van der Waals surface area contributed by atoms with Gasteiger partial charge < -0.3 is 10.5 Å². The number of ether oxygens (including phenoxy) is 1. The van der Waals surface area contributed by atoms with Crippen molar-refractivity contribution in [1.82, 2.24) is 0 Å². The number of hydrogen-bond acceptors (Lipinski definition) is 3. The maximum Gasteiger partial charge on any atom is 0.137 e. The second-order valence-corrected chi connectivity index (χ2v) is 5.78. The standard InChI is InChI=1S/C15H18ClNOS/c1-2-18-15-6-5-11(9-14(15)16)12(10-17)8-13-4-3-7-19-13/h3-7,9,12H,2,8,10,17H2,1H3. The lowest BCUT2D eigenvalue weighted by Gasteiger charge is -2.16. The summed E-state index contributed by atoms with van der Waals surface area (Å²) in [6.45, 7) is 3.18. The molecular weight excluding hydrogens is 278 g/mol. The molecule has 0 aliphatic heterocycles. The predicted octanol–water partition coefficient (Wildman–Crippen LogP) is 4.09. The molecule has 0 saturated carbocycles. The first kappa shape index (κ1) is 14.4. The molecule has 1 aromatic heterocycles. The van der Waals surface area contributed by atoms with Gasteiger partial charge in [0, 0.05) is 10.8 Å². The van der Waals surface area contributed by atoms with Crippen molar-refractivity contribution in [2.24, 2.45) is 5.73 Å². The molecule has 2 nitrogen and oxygen atoms in total. The molecule has 0 aliphatic rings. The molecule has 1 unspecified atom stereocenters. The molecular formula is C15H18ClNOS. The van der Waals surface area contributed by atoms with Gasteiger partial charge in [-0.05, 0) is 49.0 Å². The summed E-state index contributed by atoms with van der Waals surface area (Å²) in [6, 6.07) is 10.2. The van der Waals surface area contributed by atoms with E-state index in [1.54, 1.807) is 11.3 Å². The molecule has 0 bridgehead atoms. The fraction of sp³-hybridized carbons (Fsp3) is 0.333. The summed E-state index contributed by atoms with van der Waals surface area (Å²) in [7, 11) is 0. The van der Waals surface area contributed by atoms with Gasteiger partial charge in [-0.1, -0.05) is 23.7 Å². The Morgan fingerprint density at radius 3 is 2.79 bits per heavy atom. The van der Waals surface area contributed by atoms with Crippen LogP contribution in [-0.4, -0.2) is 13.2 Å². The Morgan fingerprint density at radius 1 is 1.37 bits per heavy atom. The molecule has 0 saturated heterocycles. The summed E-state index contributed by atoms with van der Waals surface area (Å²) >= 11 is 7.99. The molecule has 1 aromatic carbocycles. The number of thiophene rings is 1. The van der Waals surface area contributed by atoms with Crippen LogP contribution in [0.4, 0.5) is 0 Å². The van der Waals surface area contributed by atoms with E-state index >= 15 is 0 Å². The molecule has 0 aliphatic carbocycles. The zero-order valence-electron chi connectivity index (χ0n) is 10.9. The van der Waals surface area contributed by atoms with E-state index in [2.05, 4.69) is 23.6 Å². The number of rotatable bonds is 6. The average molecular weight is 296 g/mol. The van der Waals surface area contributed by atoms with Crippen LogP contribution in [0.15, 0.2) is 35.7 Å². The second-order valence-electron chi connectivity index (χ2n) is 4.34. The van der Waals surface area contributed by atoms with Crippen molar-refractivity contribution in [2.75, 3.05) is 13.2 Å². The summed E-state index contributed by atoms with van der Waals surface area (Å²) < 4.78 is 5.45. The van der Waals surface area contributed by atoms with E-state index < -0.39 is 0 Å². The minimum absolute atomic E-state index is 0.298. The molecule has 2 rings (SSSR count). The van der Waals surface area contributed by atoms with Gasteiger partial charge in [0.25, 0.3) is 0 Å². The first-order chi connectivity index (χ1) is 9.24. The zero-order chi connectivity index (χ0) is 13.7. The molecule has 102 valence electrons. The monoisotopic (exact) mass is 295 g/mol. The van der Waals surface area contributed by atoms with Gasteiger partial charge >= 0.3 is 0 Å². The Labute approximate surface area is 123 Å². The predicted molar refractivity (Wildman–Crippen MR) is 82.4 cm³/mol. The summed E-state index contributed by atoms with van der Waals surface area (Å²) in [6.07, 6.45) is 0.957. The van der Waals surface area contributed by atoms with Gasteiger partial charge in [0.15, 0.2) is 0 Å². The van der Waals surface area contributed by atoms with Gasteiger partial charge in [0.1, 0.15) is 5.75 Å². The van der Waals surface area contributed by atoms with E-state index in [1.807, 2.05) is 19.1 Å². The molecule has 0 spiro atoms. The maximum absolute atomic E-state index is 6.23. The van der Waals surface area contributed by atoms with Gasteiger partial charge in [0.2, 0.25) is 0 Å². The van der Waals surface area contributed by atoms with Crippen LogP contribution in [0.2, 0.25) is 5.02 Å². The molecule has 0 amide bonds. The fourth-order valence-corrected chi connectivity index (χ4v) is 3.08. The highest BCUT2D eigenvalue weighted by molar-refractivity contribution is 7.09. The lowest BCUT2D eigenvalue weighted by atomic mass is 9.95. The quantitative estimate of drug-likeness (QED) is 0.871. The number of halogens is 1. The van der Waals surface area contributed by atoms with Crippen molar-refractivity contribution >= 4 is 22.9 Å². The van der Waals surface area contributed by atoms with Gasteiger partial charge in [0.05, 0.1) is 11.6 Å². The summed E-state index contributed by atoms with van der Waals surface area (Å²) in [4.78, 5) is 1.35. The Bertz CT molecular complexity index is 513. The molecule has 4 heteroatoms. The highest BCUT2D eigenvalue weighted by atomic mass is 35.5. The van der Waals surface area contributed by atoms with Crippen LogP contribution in [0.25, 0.3) is 0 Å². The second kappa shape index (κ2) is 6.94. The third-order valence-electron chi connectivity index (χ3n) is 3.04.